The Labute approximate surface area is 249 Å². The van der Waals surface area contributed by atoms with Crippen molar-refractivity contribution in [1.82, 2.24) is 15.5 Å². The average Bonchev–Trinajstić information content (AvgIpc) is 2.96. The molecule has 238 valence electrons. The number of alkyl halides is 3. The summed E-state index contributed by atoms with van der Waals surface area (Å²) in [6.07, 6.45) is -2.41. The van der Waals surface area contributed by atoms with Crippen molar-refractivity contribution in [2.45, 2.75) is 44.2 Å². The Morgan fingerprint density at radius 1 is 1.02 bits per heavy atom. The second-order valence-electron chi connectivity index (χ2n) is 9.78. The maximum Gasteiger partial charge on any atom is 0.490 e. The maximum absolute atomic E-state index is 13.3. The lowest BCUT2D eigenvalue weighted by atomic mass is 10.1. The van der Waals surface area contributed by atoms with E-state index in [0.717, 1.165) is 37.9 Å². The van der Waals surface area contributed by atoms with Gasteiger partial charge in [0.05, 0.1) is 22.8 Å². The van der Waals surface area contributed by atoms with E-state index in [9.17, 15) is 31.2 Å². The van der Waals surface area contributed by atoms with Crippen molar-refractivity contribution in [3.05, 3.63) is 53.6 Å². The average molecular weight is 630 g/mol. The molecular formula is C28H38F3N5O6S. The van der Waals surface area contributed by atoms with Gasteiger partial charge in [-0.1, -0.05) is 32.4 Å². The normalized spacial score (nSPS) is 13.4. The van der Waals surface area contributed by atoms with Crippen LogP contribution >= 0.6 is 0 Å². The highest BCUT2D eigenvalue weighted by Gasteiger charge is 2.38. The minimum absolute atomic E-state index is 0.0798. The van der Waals surface area contributed by atoms with Crippen LogP contribution in [0.2, 0.25) is 0 Å². The van der Waals surface area contributed by atoms with Gasteiger partial charge in [0.1, 0.15) is 0 Å². The van der Waals surface area contributed by atoms with E-state index >= 15 is 0 Å². The molecule has 43 heavy (non-hydrogen) atoms. The van der Waals surface area contributed by atoms with Crippen LogP contribution in [0.5, 0.6) is 0 Å². The molecule has 2 aromatic carbocycles. The summed E-state index contributed by atoms with van der Waals surface area (Å²) < 4.78 is 61.0. The second kappa shape index (κ2) is 16.1. The zero-order valence-electron chi connectivity index (χ0n) is 24.3. The number of piperazine rings is 1. The molecule has 4 N–H and O–H groups in total. The van der Waals surface area contributed by atoms with Gasteiger partial charge in [-0.05, 0) is 48.7 Å². The first kappa shape index (κ1) is 35.3. The van der Waals surface area contributed by atoms with Crippen molar-refractivity contribution in [3.63, 3.8) is 0 Å². The van der Waals surface area contributed by atoms with Gasteiger partial charge in [0, 0.05) is 45.3 Å². The number of carbonyl (C=O) groups is 3. The van der Waals surface area contributed by atoms with Gasteiger partial charge in [-0.15, -0.1) is 0 Å². The lowest BCUT2D eigenvalue weighted by Gasteiger charge is -2.31. The fourth-order valence-corrected chi connectivity index (χ4v) is 5.15. The molecule has 15 heteroatoms. The Morgan fingerprint density at radius 3 is 2.16 bits per heavy atom. The first-order chi connectivity index (χ1) is 20.2. The van der Waals surface area contributed by atoms with E-state index in [1.54, 1.807) is 37.4 Å². The highest BCUT2D eigenvalue weighted by Crippen LogP contribution is 2.30. The summed E-state index contributed by atoms with van der Waals surface area (Å²) >= 11 is 0. The zero-order valence-corrected chi connectivity index (χ0v) is 25.1. The van der Waals surface area contributed by atoms with E-state index in [0.29, 0.717) is 36.6 Å². The Hall–Kier alpha value is -3.85. The number of rotatable bonds is 11. The molecule has 0 spiro atoms. The SMILES string of the molecule is CCCNC(=O)CN(C)C(=O)c1ccc(N2CCNCC2)c(NS(=O)(=O)c2ccc(CCC)cc2)c1.O=C(O)C(F)(F)F. The van der Waals surface area contributed by atoms with Gasteiger partial charge < -0.3 is 25.5 Å². The number of nitrogens with zero attached hydrogens (tertiary/aromatic N) is 2. The topological polar surface area (TPSA) is 148 Å². The Balaban J connectivity index is 0.000000821. The predicted molar refractivity (Wildman–Crippen MR) is 157 cm³/mol. The smallest absolute Gasteiger partial charge is 0.475 e. The van der Waals surface area contributed by atoms with Crippen LogP contribution in [0, 0.1) is 0 Å². The summed E-state index contributed by atoms with van der Waals surface area (Å²) in [7, 11) is -2.32. The molecule has 0 atom stereocenters. The van der Waals surface area contributed by atoms with E-state index < -0.39 is 22.2 Å². The molecule has 1 saturated heterocycles. The number of benzene rings is 2. The summed E-state index contributed by atoms with van der Waals surface area (Å²) in [6.45, 7) is 7.48. The van der Waals surface area contributed by atoms with Gasteiger partial charge in [0.25, 0.3) is 15.9 Å². The van der Waals surface area contributed by atoms with Crippen LogP contribution in [0.15, 0.2) is 47.4 Å². The first-order valence-corrected chi connectivity index (χ1v) is 15.2. The highest BCUT2D eigenvalue weighted by molar-refractivity contribution is 7.92. The van der Waals surface area contributed by atoms with Crippen molar-refractivity contribution in [3.8, 4) is 0 Å². The molecule has 11 nitrogen and oxygen atoms in total. The number of aryl methyl sites for hydroxylation is 1. The van der Waals surface area contributed by atoms with E-state index in [1.807, 2.05) is 19.1 Å². The number of carboxylic acid groups (broad SMARTS) is 1. The van der Waals surface area contributed by atoms with Crippen LogP contribution in [-0.2, 0) is 26.0 Å². The standard InChI is InChI=1S/C26H37N5O4S.C2HF3O2/c1-4-6-20-7-10-22(11-8-20)36(34,35)29-23-18-21(9-12-24(23)31-16-14-27-15-17-31)26(33)30(3)19-25(32)28-13-5-2;3-2(4,5)1(6)7/h7-12,18,27,29H,4-6,13-17,19H2,1-3H3,(H,28,32);(H,6,7). The van der Waals surface area contributed by atoms with Crippen molar-refractivity contribution in [1.29, 1.82) is 0 Å². The molecule has 0 aromatic heterocycles. The lowest BCUT2D eigenvalue weighted by molar-refractivity contribution is -0.192. The minimum atomic E-state index is -5.08. The predicted octanol–water partition coefficient (Wildman–Crippen LogP) is 3.08. The molecule has 1 heterocycles. The number of hydrogen-bond acceptors (Lipinski definition) is 7. The monoisotopic (exact) mass is 629 g/mol. The fourth-order valence-electron chi connectivity index (χ4n) is 4.09. The van der Waals surface area contributed by atoms with Crippen LogP contribution in [-0.4, -0.2) is 88.7 Å². The molecule has 2 amide bonds. The van der Waals surface area contributed by atoms with E-state index in [2.05, 4.69) is 27.2 Å². The molecule has 0 aliphatic carbocycles. The summed E-state index contributed by atoms with van der Waals surface area (Å²) in [4.78, 5) is 37.6. The molecular weight excluding hydrogens is 591 g/mol. The van der Waals surface area contributed by atoms with Crippen molar-refractivity contribution < 1.29 is 41.1 Å². The first-order valence-electron chi connectivity index (χ1n) is 13.7. The van der Waals surface area contributed by atoms with Crippen molar-refractivity contribution in [2.75, 3.05) is 55.9 Å². The molecule has 1 fully saturated rings. The van der Waals surface area contributed by atoms with Gasteiger partial charge in [-0.3, -0.25) is 14.3 Å². The fraction of sp³-hybridized carbons (Fsp3) is 0.464. The number of halogens is 3. The van der Waals surface area contributed by atoms with Crippen LogP contribution in [0.4, 0.5) is 24.5 Å². The lowest BCUT2D eigenvalue weighted by Crippen LogP contribution is -2.44. The summed E-state index contributed by atoms with van der Waals surface area (Å²) in [5, 5.41) is 13.2. The Kier molecular flexibility index (Phi) is 13.3. The molecule has 1 aliphatic rings. The van der Waals surface area contributed by atoms with Crippen molar-refractivity contribution in [2.24, 2.45) is 0 Å². The number of aliphatic carboxylic acids is 1. The van der Waals surface area contributed by atoms with Crippen LogP contribution in [0.3, 0.4) is 0 Å². The minimum Gasteiger partial charge on any atom is -0.475 e. The van der Waals surface area contributed by atoms with E-state index in [-0.39, 0.29) is 23.3 Å². The molecule has 0 saturated carbocycles. The quantitative estimate of drug-likeness (QED) is 0.297. The molecule has 2 aromatic rings. The number of carbonyl (C=O) groups excluding carboxylic acids is 2. The van der Waals surface area contributed by atoms with E-state index in [4.69, 9.17) is 9.90 Å². The number of carboxylic acids is 1. The molecule has 0 unspecified atom stereocenters. The number of sulfonamides is 1. The molecule has 0 radical (unpaired) electrons. The van der Waals surface area contributed by atoms with Crippen molar-refractivity contribution >= 4 is 39.2 Å². The Morgan fingerprint density at radius 2 is 1.63 bits per heavy atom. The summed E-state index contributed by atoms with van der Waals surface area (Å²) in [5.41, 5.74) is 2.43. The van der Waals surface area contributed by atoms with Crippen LogP contribution < -0.4 is 20.3 Å². The van der Waals surface area contributed by atoms with Gasteiger partial charge in [0.15, 0.2) is 0 Å². The zero-order chi connectivity index (χ0) is 32.2. The van der Waals surface area contributed by atoms with Gasteiger partial charge >= 0.3 is 12.1 Å². The third kappa shape index (κ3) is 11.1. The van der Waals surface area contributed by atoms with Gasteiger partial charge in [-0.2, -0.15) is 13.2 Å². The summed E-state index contributed by atoms with van der Waals surface area (Å²) in [5.74, 6) is -3.36. The van der Waals surface area contributed by atoms with Crippen LogP contribution in [0.25, 0.3) is 0 Å². The third-order valence-corrected chi connectivity index (χ3v) is 7.64. The van der Waals surface area contributed by atoms with Gasteiger partial charge in [0.2, 0.25) is 5.91 Å². The van der Waals surface area contributed by atoms with Crippen LogP contribution in [0.1, 0.15) is 42.6 Å². The Bertz CT molecular complexity index is 1350. The number of amides is 2. The molecule has 3 rings (SSSR count). The third-order valence-electron chi connectivity index (χ3n) is 6.26. The molecule has 0 bridgehead atoms. The molecule has 1 aliphatic heterocycles. The number of nitrogens with one attached hydrogen (secondary N) is 3. The summed E-state index contributed by atoms with van der Waals surface area (Å²) in [6, 6.07) is 11.9. The van der Waals surface area contributed by atoms with E-state index in [1.165, 1.54) is 4.90 Å². The number of likely N-dealkylation sites (N-methyl/N-ethyl adjacent to an activating group) is 1. The largest absolute Gasteiger partial charge is 0.490 e. The number of hydrogen-bond donors (Lipinski definition) is 4. The van der Waals surface area contributed by atoms with Gasteiger partial charge in [-0.25, -0.2) is 13.2 Å². The highest BCUT2D eigenvalue weighted by atomic mass is 32.2. The number of anilines is 2. The second-order valence-corrected chi connectivity index (χ2v) is 11.5. The maximum atomic E-state index is 13.3.